The summed E-state index contributed by atoms with van der Waals surface area (Å²) in [5.74, 6) is -4.21. The van der Waals surface area contributed by atoms with Gasteiger partial charge in [0.15, 0.2) is 5.78 Å². The zero-order valence-electron chi connectivity index (χ0n) is 17.6. The highest BCUT2D eigenvalue weighted by Crippen LogP contribution is 2.17. The molecule has 0 saturated carbocycles. The third kappa shape index (κ3) is 5.24. The molecule has 3 rings (SSSR count). The average Bonchev–Trinajstić information content (AvgIpc) is 2.77. The van der Waals surface area contributed by atoms with Gasteiger partial charge in [-0.05, 0) is 30.2 Å². The number of ketones is 1. The van der Waals surface area contributed by atoms with Crippen LogP contribution in [0.2, 0.25) is 0 Å². The van der Waals surface area contributed by atoms with Gasteiger partial charge < -0.3 is 10.6 Å². The normalized spacial score (nSPS) is 11.7. The van der Waals surface area contributed by atoms with E-state index in [1.54, 1.807) is 62.4 Å². The van der Waals surface area contributed by atoms with Crippen LogP contribution in [-0.4, -0.2) is 23.6 Å². The molecule has 0 aliphatic carbocycles. The summed E-state index contributed by atoms with van der Waals surface area (Å²) >= 11 is 0. The largest absolute Gasteiger partial charge is 0.340 e. The number of hydrogen-bond donors (Lipinski definition) is 2. The van der Waals surface area contributed by atoms with Gasteiger partial charge in [-0.15, -0.1) is 0 Å². The van der Waals surface area contributed by atoms with E-state index in [2.05, 4.69) is 10.6 Å². The van der Waals surface area contributed by atoms with Crippen LogP contribution >= 0.6 is 0 Å². The molecule has 3 aromatic rings. The second kappa shape index (κ2) is 9.96. The van der Waals surface area contributed by atoms with Crippen LogP contribution in [0, 0.1) is 17.6 Å². The summed E-state index contributed by atoms with van der Waals surface area (Å²) in [6.07, 6.45) is 0. The molecule has 0 radical (unpaired) electrons. The molecule has 0 aromatic heterocycles. The first-order chi connectivity index (χ1) is 15.3. The highest BCUT2D eigenvalue weighted by molar-refractivity contribution is 6.10. The first kappa shape index (κ1) is 22.8. The maximum Gasteiger partial charge on any atom is 0.257 e. The molecule has 7 heteroatoms. The standard InChI is InChI=1S/C25H22F2N2O3/c1-15(2)22(29-24(31)21-19(26)12-7-13-20(21)27)25(32)28-18-11-6-10-17(14-18)23(30)16-8-4-3-5-9-16/h3-15,22H,1-2H3,(H,28,32)(H,29,31). The molecule has 5 nitrogen and oxygen atoms in total. The Balaban J connectivity index is 1.77. The van der Waals surface area contributed by atoms with Gasteiger partial charge in [0.05, 0.1) is 0 Å². The van der Waals surface area contributed by atoms with E-state index in [-0.39, 0.29) is 11.7 Å². The molecule has 0 spiro atoms. The van der Waals surface area contributed by atoms with Gasteiger partial charge in [0, 0.05) is 16.8 Å². The van der Waals surface area contributed by atoms with Crippen molar-refractivity contribution in [2.45, 2.75) is 19.9 Å². The van der Waals surface area contributed by atoms with Gasteiger partial charge in [-0.1, -0.05) is 62.4 Å². The molecule has 0 aliphatic rings. The van der Waals surface area contributed by atoms with Crippen molar-refractivity contribution in [2.75, 3.05) is 5.32 Å². The second-order valence-corrected chi connectivity index (χ2v) is 7.56. The second-order valence-electron chi connectivity index (χ2n) is 7.56. The maximum atomic E-state index is 13.9. The maximum absolute atomic E-state index is 13.9. The third-order valence-electron chi connectivity index (χ3n) is 4.85. The summed E-state index contributed by atoms with van der Waals surface area (Å²) < 4.78 is 27.9. The van der Waals surface area contributed by atoms with Gasteiger partial charge in [-0.2, -0.15) is 0 Å². The Hall–Kier alpha value is -3.87. The van der Waals surface area contributed by atoms with Crippen LogP contribution < -0.4 is 10.6 Å². The van der Waals surface area contributed by atoms with E-state index in [9.17, 15) is 23.2 Å². The zero-order chi connectivity index (χ0) is 23.3. The molecule has 32 heavy (non-hydrogen) atoms. The molecule has 0 bridgehead atoms. The van der Waals surface area contributed by atoms with E-state index in [0.29, 0.717) is 16.8 Å². The first-order valence-electron chi connectivity index (χ1n) is 10.0. The number of amides is 2. The molecule has 1 atom stereocenters. The fraction of sp³-hybridized carbons (Fsp3) is 0.160. The Morgan fingerprint density at radius 3 is 2.00 bits per heavy atom. The SMILES string of the molecule is CC(C)C(NC(=O)c1c(F)cccc1F)C(=O)Nc1cccc(C(=O)c2ccccc2)c1. The summed E-state index contributed by atoms with van der Waals surface area (Å²) in [5, 5.41) is 5.06. The number of carbonyl (C=O) groups is 3. The highest BCUT2D eigenvalue weighted by atomic mass is 19.1. The number of anilines is 1. The number of nitrogens with one attached hydrogen (secondary N) is 2. The fourth-order valence-electron chi connectivity index (χ4n) is 3.18. The quantitative estimate of drug-likeness (QED) is 0.532. The fourth-order valence-corrected chi connectivity index (χ4v) is 3.18. The van der Waals surface area contributed by atoms with Crippen LogP contribution in [0.4, 0.5) is 14.5 Å². The summed E-state index contributed by atoms with van der Waals surface area (Å²) in [4.78, 5) is 37.9. The molecule has 164 valence electrons. The van der Waals surface area contributed by atoms with Gasteiger partial charge >= 0.3 is 0 Å². The Morgan fingerprint density at radius 1 is 0.781 bits per heavy atom. The van der Waals surface area contributed by atoms with Crippen molar-refractivity contribution in [3.05, 3.63) is 101 Å². The summed E-state index contributed by atoms with van der Waals surface area (Å²) in [7, 11) is 0. The van der Waals surface area contributed by atoms with E-state index >= 15 is 0 Å². The molecule has 0 heterocycles. The average molecular weight is 436 g/mol. The number of carbonyl (C=O) groups excluding carboxylic acids is 3. The van der Waals surface area contributed by atoms with Crippen LogP contribution in [0.25, 0.3) is 0 Å². The van der Waals surface area contributed by atoms with Gasteiger partial charge in [-0.3, -0.25) is 14.4 Å². The van der Waals surface area contributed by atoms with Gasteiger partial charge in [0.25, 0.3) is 5.91 Å². The van der Waals surface area contributed by atoms with Gasteiger partial charge in [0.1, 0.15) is 23.2 Å². The van der Waals surface area contributed by atoms with Crippen molar-refractivity contribution < 1.29 is 23.2 Å². The Kier molecular flexibility index (Phi) is 7.10. The lowest BCUT2D eigenvalue weighted by Gasteiger charge is -2.22. The molecular formula is C25H22F2N2O3. The number of rotatable bonds is 7. The Morgan fingerprint density at radius 2 is 1.38 bits per heavy atom. The number of benzene rings is 3. The van der Waals surface area contributed by atoms with Gasteiger partial charge in [-0.25, -0.2) is 8.78 Å². The molecule has 0 fully saturated rings. The van der Waals surface area contributed by atoms with Crippen molar-refractivity contribution in [1.82, 2.24) is 5.32 Å². The summed E-state index contributed by atoms with van der Waals surface area (Å²) in [6, 6.07) is 17.1. The minimum atomic E-state index is -1.06. The van der Waals surface area contributed by atoms with Crippen LogP contribution in [0.15, 0.2) is 72.8 Å². The lowest BCUT2D eigenvalue weighted by molar-refractivity contribution is -0.118. The van der Waals surface area contributed by atoms with Crippen molar-refractivity contribution in [3.63, 3.8) is 0 Å². The van der Waals surface area contributed by atoms with Crippen LogP contribution in [0.1, 0.15) is 40.1 Å². The minimum absolute atomic E-state index is 0.203. The van der Waals surface area contributed by atoms with E-state index < -0.39 is 35.1 Å². The van der Waals surface area contributed by atoms with Gasteiger partial charge in [0.2, 0.25) is 5.91 Å². The summed E-state index contributed by atoms with van der Waals surface area (Å²) in [6.45, 7) is 3.38. The molecular weight excluding hydrogens is 414 g/mol. The smallest absolute Gasteiger partial charge is 0.257 e. The predicted molar refractivity (Wildman–Crippen MR) is 117 cm³/mol. The van der Waals surface area contributed by atoms with Crippen molar-refractivity contribution in [2.24, 2.45) is 5.92 Å². The predicted octanol–water partition coefficient (Wildman–Crippen LogP) is 4.59. The third-order valence-corrected chi connectivity index (χ3v) is 4.85. The van der Waals surface area contributed by atoms with Crippen molar-refractivity contribution >= 4 is 23.3 Å². The molecule has 2 N–H and O–H groups in total. The summed E-state index contributed by atoms with van der Waals surface area (Å²) in [5.41, 5.74) is 0.498. The van der Waals surface area contributed by atoms with Crippen LogP contribution in [0.5, 0.6) is 0 Å². The van der Waals surface area contributed by atoms with Crippen LogP contribution in [0.3, 0.4) is 0 Å². The Labute approximate surface area is 184 Å². The topological polar surface area (TPSA) is 75.3 Å². The number of hydrogen-bond acceptors (Lipinski definition) is 3. The molecule has 3 aromatic carbocycles. The van der Waals surface area contributed by atoms with Crippen molar-refractivity contribution in [1.29, 1.82) is 0 Å². The molecule has 2 amide bonds. The van der Waals surface area contributed by atoms with Crippen LogP contribution in [-0.2, 0) is 4.79 Å². The minimum Gasteiger partial charge on any atom is -0.340 e. The molecule has 1 unspecified atom stereocenters. The lowest BCUT2D eigenvalue weighted by atomic mass is 10.0. The lowest BCUT2D eigenvalue weighted by Crippen LogP contribution is -2.47. The first-order valence-corrected chi connectivity index (χ1v) is 10.0. The monoisotopic (exact) mass is 436 g/mol. The van der Waals surface area contributed by atoms with E-state index in [4.69, 9.17) is 0 Å². The number of halogens is 2. The van der Waals surface area contributed by atoms with E-state index in [1.165, 1.54) is 6.07 Å². The zero-order valence-corrected chi connectivity index (χ0v) is 17.6. The molecule has 0 saturated heterocycles. The Bertz CT molecular complexity index is 1130. The van der Waals surface area contributed by atoms with E-state index in [0.717, 1.165) is 18.2 Å². The highest BCUT2D eigenvalue weighted by Gasteiger charge is 2.27. The van der Waals surface area contributed by atoms with E-state index in [1.807, 2.05) is 0 Å². The molecule has 0 aliphatic heterocycles. The van der Waals surface area contributed by atoms with Crippen molar-refractivity contribution in [3.8, 4) is 0 Å².